The summed E-state index contributed by atoms with van der Waals surface area (Å²) in [6.45, 7) is 5.70. The smallest absolute Gasteiger partial charge is 0.258 e. The van der Waals surface area contributed by atoms with Crippen molar-refractivity contribution in [1.29, 1.82) is 0 Å². The van der Waals surface area contributed by atoms with Gasteiger partial charge in [-0.2, -0.15) is 4.98 Å². The number of carbonyl (C=O) groups excluding carboxylic acids is 1. The molecule has 1 N–H and O–H groups in total. The van der Waals surface area contributed by atoms with Crippen LogP contribution in [0.1, 0.15) is 34.4 Å². The second kappa shape index (κ2) is 7.03. The number of aryl methyl sites for hydroxylation is 3. The minimum Gasteiger partial charge on any atom is -0.339 e. The molecule has 128 valence electrons. The van der Waals surface area contributed by atoms with Crippen molar-refractivity contribution < 1.29 is 9.32 Å². The van der Waals surface area contributed by atoms with Gasteiger partial charge in [0.2, 0.25) is 11.7 Å². The molecule has 2 heterocycles. The van der Waals surface area contributed by atoms with Crippen LogP contribution in [0.2, 0.25) is 5.02 Å². The summed E-state index contributed by atoms with van der Waals surface area (Å²) in [6.07, 6.45) is 0.632. The Morgan fingerprint density at radius 3 is 2.68 bits per heavy atom. The third-order valence-corrected chi connectivity index (χ3v) is 4.02. The average Bonchev–Trinajstić information content (AvgIpc) is 3.03. The fraction of sp³-hybridized carbons (Fsp3) is 0.222. The summed E-state index contributed by atoms with van der Waals surface area (Å²) in [6, 6.07) is 8.75. The van der Waals surface area contributed by atoms with Crippen molar-refractivity contribution in [3.63, 3.8) is 0 Å². The maximum absolute atomic E-state index is 12.6. The van der Waals surface area contributed by atoms with Gasteiger partial charge in [-0.15, -0.1) is 0 Å². The minimum absolute atomic E-state index is 0.344. The van der Waals surface area contributed by atoms with Crippen LogP contribution in [0.25, 0.3) is 11.4 Å². The number of halogens is 1. The van der Waals surface area contributed by atoms with Gasteiger partial charge >= 0.3 is 0 Å². The van der Waals surface area contributed by atoms with E-state index in [0.717, 1.165) is 11.3 Å². The summed E-state index contributed by atoms with van der Waals surface area (Å²) in [5.74, 6) is 0.962. The molecule has 0 atom stereocenters. The summed E-state index contributed by atoms with van der Waals surface area (Å²) in [7, 11) is 0. The number of rotatable bonds is 4. The largest absolute Gasteiger partial charge is 0.339 e. The lowest BCUT2D eigenvalue weighted by Gasteiger charge is -2.12. The fourth-order valence-corrected chi connectivity index (χ4v) is 2.75. The van der Waals surface area contributed by atoms with E-state index in [2.05, 4.69) is 20.4 Å². The van der Waals surface area contributed by atoms with Gasteiger partial charge in [0.1, 0.15) is 5.82 Å². The SMILES string of the molecule is CCc1nc(-c2c(C)cc(C)nc2NC(=O)c2ccccc2Cl)no1. The third kappa shape index (κ3) is 3.53. The molecule has 0 fully saturated rings. The Kier molecular flexibility index (Phi) is 4.81. The van der Waals surface area contributed by atoms with Crippen molar-refractivity contribution in [2.75, 3.05) is 5.32 Å². The highest BCUT2D eigenvalue weighted by Crippen LogP contribution is 2.29. The van der Waals surface area contributed by atoms with Gasteiger partial charge < -0.3 is 9.84 Å². The lowest BCUT2D eigenvalue weighted by atomic mass is 10.1. The molecule has 0 spiro atoms. The van der Waals surface area contributed by atoms with Crippen molar-refractivity contribution in [3.05, 3.63) is 58.1 Å². The quantitative estimate of drug-likeness (QED) is 0.757. The van der Waals surface area contributed by atoms with Crippen LogP contribution in [0.5, 0.6) is 0 Å². The molecule has 25 heavy (non-hydrogen) atoms. The first-order valence-corrected chi connectivity index (χ1v) is 8.24. The number of aromatic nitrogens is 3. The van der Waals surface area contributed by atoms with E-state index in [-0.39, 0.29) is 5.91 Å². The zero-order valence-electron chi connectivity index (χ0n) is 14.1. The first-order valence-electron chi connectivity index (χ1n) is 7.86. The number of nitrogens with one attached hydrogen (secondary N) is 1. The number of hydrogen-bond acceptors (Lipinski definition) is 5. The van der Waals surface area contributed by atoms with Crippen LogP contribution in [0, 0.1) is 13.8 Å². The molecule has 1 amide bonds. The molecule has 0 radical (unpaired) electrons. The van der Waals surface area contributed by atoms with Crippen LogP contribution < -0.4 is 5.32 Å². The number of pyridine rings is 1. The zero-order chi connectivity index (χ0) is 18.0. The molecule has 0 saturated heterocycles. The Bertz CT molecular complexity index is 937. The van der Waals surface area contributed by atoms with Crippen LogP contribution >= 0.6 is 11.6 Å². The molecular weight excluding hydrogens is 340 g/mol. The number of nitrogens with zero attached hydrogens (tertiary/aromatic N) is 3. The number of carbonyl (C=O) groups is 1. The van der Waals surface area contributed by atoms with Crippen molar-refractivity contribution in [1.82, 2.24) is 15.1 Å². The monoisotopic (exact) mass is 356 g/mol. The number of hydrogen-bond donors (Lipinski definition) is 1. The van der Waals surface area contributed by atoms with Crippen molar-refractivity contribution in [2.24, 2.45) is 0 Å². The topological polar surface area (TPSA) is 80.9 Å². The van der Waals surface area contributed by atoms with Crippen molar-refractivity contribution >= 4 is 23.3 Å². The normalized spacial score (nSPS) is 10.7. The van der Waals surface area contributed by atoms with E-state index in [9.17, 15) is 4.79 Å². The summed E-state index contributed by atoms with van der Waals surface area (Å²) in [4.78, 5) is 21.4. The lowest BCUT2D eigenvalue weighted by molar-refractivity contribution is 0.102. The summed E-state index contributed by atoms with van der Waals surface area (Å²) in [5, 5.41) is 7.20. The number of amides is 1. The minimum atomic E-state index is -0.344. The third-order valence-electron chi connectivity index (χ3n) is 3.69. The van der Waals surface area contributed by atoms with Gasteiger partial charge in [0.15, 0.2) is 0 Å². The molecule has 0 saturated carbocycles. The van der Waals surface area contributed by atoms with Gasteiger partial charge in [0.25, 0.3) is 5.91 Å². The molecule has 7 heteroatoms. The fourth-order valence-electron chi connectivity index (χ4n) is 2.53. The van der Waals surface area contributed by atoms with E-state index >= 15 is 0 Å². The summed E-state index contributed by atoms with van der Waals surface area (Å²) in [5.41, 5.74) is 2.67. The van der Waals surface area contributed by atoms with Crippen molar-refractivity contribution in [2.45, 2.75) is 27.2 Å². The van der Waals surface area contributed by atoms with E-state index in [1.807, 2.05) is 26.8 Å². The lowest BCUT2D eigenvalue weighted by Crippen LogP contribution is -2.15. The number of benzene rings is 1. The predicted octanol–water partition coefficient (Wildman–Crippen LogP) is 4.22. The van der Waals surface area contributed by atoms with E-state index < -0.39 is 0 Å². The molecular formula is C18H17ClN4O2. The van der Waals surface area contributed by atoms with Gasteiger partial charge in [0.05, 0.1) is 16.1 Å². The Labute approximate surface area is 150 Å². The van der Waals surface area contributed by atoms with Crippen LogP contribution in [0.15, 0.2) is 34.9 Å². The van der Waals surface area contributed by atoms with E-state index in [1.165, 1.54) is 0 Å². The molecule has 0 aliphatic rings. The Morgan fingerprint density at radius 1 is 1.24 bits per heavy atom. The van der Waals surface area contributed by atoms with Gasteiger partial charge in [-0.05, 0) is 37.6 Å². The molecule has 0 bridgehead atoms. The van der Waals surface area contributed by atoms with Crippen LogP contribution in [-0.2, 0) is 6.42 Å². The highest BCUT2D eigenvalue weighted by Gasteiger charge is 2.20. The predicted molar refractivity (Wildman–Crippen MR) is 95.8 cm³/mol. The van der Waals surface area contributed by atoms with Crippen molar-refractivity contribution in [3.8, 4) is 11.4 Å². The molecule has 0 aliphatic heterocycles. The van der Waals surface area contributed by atoms with Crippen LogP contribution in [-0.4, -0.2) is 21.0 Å². The standard InChI is InChI=1S/C18H17ClN4O2/c1-4-14-21-17(23-25-14)15-10(2)9-11(3)20-16(15)22-18(24)12-7-5-6-8-13(12)19/h5-9H,4H2,1-3H3,(H,20,22,24). The molecule has 3 rings (SSSR count). The Morgan fingerprint density at radius 2 is 2.00 bits per heavy atom. The molecule has 0 aliphatic carbocycles. The Balaban J connectivity index is 2.03. The second-order valence-corrected chi connectivity index (χ2v) is 6.01. The maximum atomic E-state index is 12.6. The summed E-state index contributed by atoms with van der Waals surface area (Å²) < 4.78 is 5.19. The van der Waals surface area contributed by atoms with E-state index in [0.29, 0.717) is 40.1 Å². The summed E-state index contributed by atoms with van der Waals surface area (Å²) >= 11 is 6.11. The molecule has 6 nitrogen and oxygen atoms in total. The van der Waals surface area contributed by atoms with Gasteiger partial charge in [0, 0.05) is 12.1 Å². The highest BCUT2D eigenvalue weighted by atomic mass is 35.5. The first-order chi connectivity index (χ1) is 12.0. The molecule has 2 aromatic heterocycles. The van der Waals surface area contributed by atoms with E-state index in [4.69, 9.17) is 16.1 Å². The van der Waals surface area contributed by atoms with Gasteiger partial charge in [-0.25, -0.2) is 4.98 Å². The zero-order valence-corrected chi connectivity index (χ0v) is 14.9. The second-order valence-electron chi connectivity index (χ2n) is 5.60. The van der Waals surface area contributed by atoms with E-state index in [1.54, 1.807) is 24.3 Å². The van der Waals surface area contributed by atoms with Crippen LogP contribution in [0.4, 0.5) is 5.82 Å². The van der Waals surface area contributed by atoms with Gasteiger partial charge in [-0.3, -0.25) is 4.79 Å². The molecule has 0 unspecified atom stereocenters. The maximum Gasteiger partial charge on any atom is 0.258 e. The van der Waals surface area contributed by atoms with Crippen LogP contribution in [0.3, 0.4) is 0 Å². The average molecular weight is 357 g/mol. The molecule has 1 aromatic carbocycles. The number of anilines is 1. The highest BCUT2D eigenvalue weighted by molar-refractivity contribution is 6.34. The first kappa shape index (κ1) is 17.1. The Hall–Kier alpha value is -2.73. The molecule has 3 aromatic rings. The van der Waals surface area contributed by atoms with Gasteiger partial charge in [-0.1, -0.05) is 35.8 Å².